The van der Waals surface area contributed by atoms with Crippen molar-refractivity contribution in [3.8, 4) is 5.75 Å². The van der Waals surface area contributed by atoms with E-state index in [1.165, 1.54) is 18.2 Å². The highest BCUT2D eigenvalue weighted by molar-refractivity contribution is 5.93. The molecule has 0 bridgehead atoms. The molecule has 1 aromatic carbocycles. The number of rotatable bonds is 4. The van der Waals surface area contributed by atoms with E-state index in [4.69, 9.17) is 5.11 Å². The number of aromatic hydroxyl groups is 1. The maximum absolute atomic E-state index is 11.7. The smallest absolute Gasteiger partial charge is 0.353 e. The zero-order valence-corrected chi connectivity index (χ0v) is 9.75. The van der Waals surface area contributed by atoms with Gasteiger partial charge in [-0.25, -0.2) is 4.79 Å². The first-order chi connectivity index (χ1) is 9.04. The highest BCUT2D eigenvalue weighted by Gasteiger charge is 2.10. The molecule has 0 aliphatic rings. The van der Waals surface area contributed by atoms with Gasteiger partial charge in [-0.1, -0.05) is 12.1 Å². The standard InChI is InChI=1S/C12H11N3O4/c16-8-3-1-2-7(4-8)5-11(17)13-10-6-9(12(18)19)14-15-10/h1-4,6,16H,5H2,(H,18,19)(H2,13,14,15,17). The lowest BCUT2D eigenvalue weighted by atomic mass is 10.1. The third kappa shape index (κ3) is 3.32. The monoisotopic (exact) mass is 261 g/mol. The number of phenolic OH excluding ortho intramolecular Hbond substituents is 1. The number of anilines is 1. The summed E-state index contributed by atoms with van der Waals surface area (Å²) >= 11 is 0. The van der Waals surface area contributed by atoms with Crippen LogP contribution in [0.15, 0.2) is 30.3 Å². The van der Waals surface area contributed by atoms with E-state index in [2.05, 4.69) is 15.5 Å². The number of carboxylic acids is 1. The van der Waals surface area contributed by atoms with Gasteiger partial charge in [-0.2, -0.15) is 5.10 Å². The van der Waals surface area contributed by atoms with Crippen molar-refractivity contribution in [2.24, 2.45) is 0 Å². The van der Waals surface area contributed by atoms with E-state index in [0.29, 0.717) is 5.56 Å². The zero-order valence-electron chi connectivity index (χ0n) is 9.75. The lowest BCUT2D eigenvalue weighted by Gasteiger charge is -2.02. The number of nitrogens with zero attached hydrogens (tertiary/aromatic N) is 1. The summed E-state index contributed by atoms with van der Waals surface area (Å²) in [6.45, 7) is 0. The minimum Gasteiger partial charge on any atom is -0.508 e. The summed E-state index contributed by atoms with van der Waals surface area (Å²) in [7, 11) is 0. The normalized spacial score (nSPS) is 10.1. The number of hydrogen-bond donors (Lipinski definition) is 4. The average molecular weight is 261 g/mol. The lowest BCUT2D eigenvalue weighted by Crippen LogP contribution is -2.14. The molecule has 1 aromatic heterocycles. The number of phenols is 1. The van der Waals surface area contributed by atoms with E-state index >= 15 is 0 Å². The van der Waals surface area contributed by atoms with Crippen molar-refractivity contribution in [2.75, 3.05) is 5.32 Å². The molecular formula is C12H11N3O4. The summed E-state index contributed by atoms with van der Waals surface area (Å²) in [4.78, 5) is 22.3. The molecule has 0 fully saturated rings. The molecule has 0 saturated carbocycles. The van der Waals surface area contributed by atoms with Crippen LogP contribution in [0.4, 0.5) is 5.82 Å². The van der Waals surface area contributed by atoms with Crippen molar-refractivity contribution in [3.05, 3.63) is 41.6 Å². The fourth-order valence-corrected chi connectivity index (χ4v) is 1.53. The zero-order chi connectivity index (χ0) is 13.8. The van der Waals surface area contributed by atoms with Crippen LogP contribution in [0, 0.1) is 0 Å². The number of carboxylic acid groups (broad SMARTS) is 1. The SMILES string of the molecule is O=C(Cc1cccc(O)c1)Nc1cc(C(=O)O)[nH]n1. The van der Waals surface area contributed by atoms with Crippen molar-refractivity contribution in [3.63, 3.8) is 0 Å². The first-order valence-electron chi connectivity index (χ1n) is 5.41. The Labute approximate surface area is 107 Å². The lowest BCUT2D eigenvalue weighted by molar-refractivity contribution is -0.115. The third-order valence-corrected chi connectivity index (χ3v) is 2.35. The topological polar surface area (TPSA) is 115 Å². The van der Waals surface area contributed by atoms with E-state index < -0.39 is 5.97 Å². The van der Waals surface area contributed by atoms with Gasteiger partial charge in [-0.3, -0.25) is 9.89 Å². The van der Waals surface area contributed by atoms with Gasteiger partial charge in [-0.05, 0) is 17.7 Å². The molecule has 1 amide bonds. The van der Waals surface area contributed by atoms with Gasteiger partial charge >= 0.3 is 5.97 Å². The van der Waals surface area contributed by atoms with Crippen molar-refractivity contribution in [1.29, 1.82) is 0 Å². The Morgan fingerprint density at radius 2 is 2.11 bits per heavy atom. The number of amides is 1. The molecule has 0 atom stereocenters. The van der Waals surface area contributed by atoms with Gasteiger partial charge in [0, 0.05) is 6.07 Å². The molecule has 2 rings (SSSR count). The Morgan fingerprint density at radius 3 is 2.74 bits per heavy atom. The summed E-state index contributed by atoms with van der Waals surface area (Å²) < 4.78 is 0. The van der Waals surface area contributed by atoms with E-state index in [1.54, 1.807) is 12.1 Å². The average Bonchev–Trinajstić information content (AvgIpc) is 2.77. The van der Waals surface area contributed by atoms with E-state index in [1.807, 2.05) is 0 Å². The number of hydrogen-bond acceptors (Lipinski definition) is 4. The minimum atomic E-state index is -1.15. The molecule has 98 valence electrons. The van der Waals surface area contributed by atoms with Crippen LogP contribution in [-0.4, -0.2) is 32.3 Å². The van der Waals surface area contributed by atoms with Crippen LogP contribution in [0.1, 0.15) is 16.1 Å². The first-order valence-corrected chi connectivity index (χ1v) is 5.41. The Balaban J connectivity index is 1.99. The molecule has 0 saturated heterocycles. The second-order valence-corrected chi connectivity index (χ2v) is 3.87. The van der Waals surface area contributed by atoms with Crippen LogP contribution in [0.2, 0.25) is 0 Å². The number of aromatic carboxylic acids is 1. The van der Waals surface area contributed by atoms with E-state index in [9.17, 15) is 14.7 Å². The Kier molecular flexibility index (Phi) is 3.46. The number of nitrogens with one attached hydrogen (secondary N) is 2. The van der Waals surface area contributed by atoms with Gasteiger partial charge in [0.25, 0.3) is 0 Å². The number of H-pyrrole nitrogens is 1. The molecule has 1 heterocycles. The third-order valence-electron chi connectivity index (χ3n) is 2.35. The minimum absolute atomic E-state index is 0.0592. The summed E-state index contributed by atoms with van der Waals surface area (Å²) in [5.41, 5.74) is 0.541. The molecule has 7 nitrogen and oxygen atoms in total. The summed E-state index contributed by atoms with van der Waals surface area (Å²) in [6, 6.07) is 7.55. The van der Waals surface area contributed by atoms with Gasteiger partial charge < -0.3 is 15.5 Å². The van der Waals surface area contributed by atoms with Gasteiger partial charge in [0.2, 0.25) is 5.91 Å². The highest BCUT2D eigenvalue weighted by atomic mass is 16.4. The Morgan fingerprint density at radius 1 is 1.32 bits per heavy atom. The Hall–Kier alpha value is -2.83. The van der Waals surface area contributed by atoms with Gasteiger partial charge in [0.15, 0.2) is 5.82 Å². The van der Waals surface area contributed by atoms with Gasteiger partial charge in [0.1, 0.15) is 11.4 Å². The maximum Gasteiger partial charge on any atom is 0.353 e. The second kappa shape index (κ2) is 5.21. The quantitative estimate of drug-likeness (QED) is 0.655. The van der Waals surface area contributed by atoms with Crippen LogP contribution in [0.25, 0.3) is 0 Å². The summed E-state index contributed by atoms with van der Waals surface area (Å²) in [6.07, 6.45) is 0.0592. The number of benzene rings is 1. The molecule has 0 radical (unpaired) electrons. The Bertz CT molecular complexity index is 621. The van der Waals surface area contributed by atoms with Crippen LogP contribution in [-0.2, 0) is 11.2 Å². The molecular weight excluding hydrogens is 250 g/mol. The van der Waals surface area contributed by atoms with Crippen molar-refractivity contribution >= 4 is 17.7 Å². The molecule has 7 heteroatoms. The molecule has 4 N–H and O–H groups in total. The summed E-state index contributed by atoms with van der Waals surface area (Å²) in [5.74, 6) is -1.28. The van der Waals surface area contributed by atoms with Crippen LogP contribution in [0.3, 0.4) is 0 Å². The number of carbonyl (C=O) groups excluding carboxylic acids is 1. The maximum atomic E-state index is 11.7. The van der Waals surface area contributed by atoms with Crippen molar-refractivity contribution in [1.82, 2.24) is 10.2 Å². The second-order valence-electron chi connectivity index (χ2n) is 3.87. The first kappa shape index (κ1) is 12.6. The fourth-order valence-electron chi connectivity index (χ4n) is 1.53. The van der Waals surface area contributed by atoms with Crippen LogP contribution >= 0.6 is 0 Å². The largest absolute Gasteiger partial charge is 0.508 e. The molecule has 0 spiro atoms. The highest BCUT2D eigenvalue weighted by Crippen LogP contribution is 2.12. The van der Waals surface area contributed by atoms with E-state index in [-0.39, 0.29) is 29.6 Å². The fraction of sp³-hybridized carbons (Fsp3) is 0.0833. The molecule has 19 heavy (non-hydrogen) atoms. The molecule has 0 aliphatic carbocycles. The predicted molar refractivity (Wildman–Crippen MR) is 66.0 cm³/mol. The van der Waals surface area contributed by atoms with Gasteiger partial charge in [-0.15, -0.1) is 0 Å². The van der Waals surface area contributed by atoms with Crippen LogP contribution in [0.5, 0.6) is 5.75 Å². The van der Waals surface area contributed by atoms with E-state index in [0.717, 1.165) is 0 Å². The molecule has 2 aromatic rings. The molecule has 0 unspecified atom stereocenters. The predicted octanol–water partition coefficient (Wildman–Crippen LogP) is 0.995. The van der Waals surface area contributed by atoms with Gasteiger partial charge in [0.05, 0.1) is 6.42 Å². The number of aromatic amines is 1. The number of carbonyl (C=O) groups is 2. The van der Waals surface area contributed by atoms with Crippen molar-refractivity contribution < 1.29 is 19.8 Å². The summed E-state index contributed by atoms with van der Waals surface area (Å²) in [5, 5.41) is 26.3. The number of aromatic nitrogens is 2. The van der Waals surface area contributed by atoms with Crippen LogP contribution < -0.4 is 5.32 Å². The molecule has 0 aliphatic heterocycles. The van der Waals surface area contributed by atoms with Crippen molar-refractivity contribution in [2.45, 2.75) is 6.42 Å².